The van der Waals surface area contributed by atoms with Crippen LogP contribution in [0.1, 0.15) is 47.2 Å². The van der Waals surface area contributed by atoms with Gasteiger partial charge in [-0.15, -0.1) is 0 Å². The quantitative estimate of drug-likeness (QED) is 0.630. The first-order valence-corrected chi connectivity index (χ1v) is 10.5. The van der Waals surface area contributed by atoms with Crippen LogP contribution in [0.4, 0.5) is 5.69 Å². The number of benzene rings is 2. The first-order valence-electron chi connectivity index (χ1n) is 10.5. The van der Waals surface area contributed by atoms with Crippen molar-refractivity contribution in [1.82, 2.24) is 0 Å². The topological polar surface area (TPSA) is 54.2 Å². The number of rotatable bonds is 5. The molecule has 2 amide bonds. The number of likely N-dealkylation sites (tertiary alicyclic amines) is 1. The molecule has 1 saturated heterocycles. The Morgan fingerprint density at radius 3 is 2.66 bits per heavy atom. The monoisotopic (exact) mass is 390 g/mol. The fourth-order valence-electron chi connectivity index (χ4n) is 4.50. The number of hydrogen-bond donors (Lipinski definition) is 1. The number of nitrogens with one attached hydrogen (secondary N) is 1. The number of likely N-dealkylation sites (N-methyl/N-ethyl adjacent to an activating group) is 1. The van der Waals surface area contributed by atoms with Gasteiger partial charge in [0.2, 0.25) is 5.91 Å². The summed E-state index contributed by atoms with van der Waals surface area (Å²) in [5, 5.41) is 0. The van der Waals surface area contributed by atoms with E-state index in [-0.39, 0.29) is 11.8 Å². The van der Waals surface area contributed by atoms with Gasteiger partial charge in [-0.1, -0.05) is 35.9 Å². The summed E-state index contributed by atoms with van der Waals surface area (Å²) in [6.07, 6.45) is 4.19. The summed E-state index contributed by atoms with van der Waals surface area (Å²) in [6, 6.07) is 15.4. The van der Waals surface area contributed by atoms with Crippen molar-refractivity contribution in [3.05, 3.63) is 65.2 Å². The van der Waals surface area contributed by atoms with E-state index < -0.39 is 5.92 Å². The fraction of sp³-hybridized carbons (Fsp3) is 0.375. The molecule has 0 spiro atoms. The molecule has 2 aliphatic rings. The molecular formula is C24H28N3O2+. The molecule has 5 heteroatoms. The molecule has 0 aromatic heterocycles. The highest BCUT2D eigenvalue weighted by molar-refractivity contribution is 6.29. The third-order valence-electron chi connectivity index (χ3n) is 6.17. The van der Waals surface area contributed by atoms with Crippen LogP contribution in [0.15, 0.2) is 53.5 Å². The normalized spacial score (nSPS) is 24.3. The van der Waals surface area contributed by atoms with Gasteiger partial charge >= 0.3 is 0 Å². The minimum atomic E-state index is -0.531. The molecule has 2 unspecified atom stereocenters. The number of carbonyl (C=O) groups is 2. The minimum absolute atomic E-state index is 0.229. The van der Waals surface area contributed by atoms with E-state index in [0.717, 1.165) is 24.2 Å². The Hall–Kier alpha value is -2.79. The average molecular weight is 391 g/mol. The smallest absolute Gasteiger partial charge is 0.265 e. The molecule has 0 saturated carbocycles. The maximum Gasteiger partial charge on any atom is 0.265 e. The zero-order valence-electron chi connectivity index (χ0n) is 17.1. The average Bonchev–Trinajstić information content (AvgIpc) is 3.19. The van der Waals surface area contributed by atoms with Crippen LogP contribution in [0.2, 0.25) is 0 Å². The highest BCUT2D eigenvalue weighted by Crippen LogP contribution is 2.32. The number of amides is 2. The van der Waals surface area contributed by atoms with Gasteiger partial charge in [0.1, 0.15) is 6.04 Å². The van der Waals surface area contributed by atoms with Crippen molar-refractivity contribution in [2.24, 2.45) is 4.99 Å². The molecule has 2 heterocycles. The summed E-state index contributed by atoms with van der Waals surface area (Å²) in [5.74, 6) is -1.03. The second-order valence-electron chi connectivity index (χ2n) is 7.99. The molecule has 2 aromatic carbocycles. The lowest BCUT2D eigenvalue weighted by molar-refractivity contribution is -0.908. The first-order chi connectivity index (χ1) is 14.1. The summed E-state index contributed by atoms with van der Waals surface area (Å²) in [4.78, 5) is 34.0. The molecule has 0 radical (unpaired) electrons. The van der Waals surface area contributed by atoms with E-state index in [1.54, 1.807) is 17.2 Å². The van der Waals surface area contributed by atoms with Crippen LogP contribution in [0, 0.1) is 6.92 Å². The lowest BCUT2D eigenvalue weighted by Crippen LogP contribution is -3.13. The van der Waals surface area contributed by atoms with Crippen LogP contribution in [-0.4, -0.2) is 43.7 Å². The number of nitrogens with zero attached hydrogens (tertiary/aromatic N) is 2. The summed E-state index contributed by atoms with van der Waals surface area (Å²) in [6.45, 7) is 7.24. The molecule has 4 rings (SSSR count). The maximum absolute atomic E-state index is 13.3. The van der Waals surface area contributed by atoms with E-state index in [1.807, 2.05) is 49.4 Å². The number of anilines is 1. The minimum Gasteiger partial charge on any atom is -0.331 e. The number of quaternary nitrogens is 1. The highest BCUT2D eigenvalue weighted by atomic mass is 16.2. The molecule has 3 atom stereocenters. The Morgan fingerprint density at radius 1 is 1.14 bits per heavy atom. The fourth-order valence-corrected chi connectivity index (χ4v) is 4.50. The van der Waals surface area contributed by atoms with E-state index in [0.29, 0.717) is 17.3 Å². The third kappa shape index (κ3) is 3.75. The molecule has 5 nitrogen and oxygen atoms in total. The van der Waals surface area contributed by atoms with Crippen molar-refractivity contribution < 1.29 is 14.5 Å². The summed E-state index contributed by atoms with van der Waals surface area (Å²) < 4.78 is 0. The van der Waals surface area contributed by atoms with E-state index in [4.69, 9.17) is 0 Å². The van der Waals surface area contributed by atoms with Crippen LogP contribution in [0.25, 0.3) is 0 Å². The molecule has 1 N–H and O–H groups in total. The second kappa shape index (κ2) is 8.29. The maximum atomic E-state index is 13.3. The molecule has 0 aliphatic carbocycles. The van der Waals surface area contributed by atoms with Gasteiger partial charge in [0.15, 0.2) is 0 Å². The number of aryl methyl sites for hydroxylation is 1. The van der Waals surface area contributed by atoms with Gasteiger partial charge in [0.05, 0.1) is 31.2 Å². The van der Waals surface area contributed by atoms with Crippen molar-refractivity contribution in [3.8, 4) is 0 Å². The van der Waals surface area contributed by atoms with Crippen LogP contribution in [0.5, 0.6) is 0 Å². The Morgan fingerprint density at radius 2 is 1.90 bits per heavy atom. The SMILES string of the molecule is CC[NH+]1CCC[C@H]1CN=CC1C(=O)N(c2ccc(C)cc2)C(=O)c2ccccc21. The van der Waals surface area contributed by atoms with Crippen LogP contribution in [-0.2, 0) is 4.79 Å². The van der Waals surface area contributed by atoms with Gasteiger partial charge in [0.25, 0.3) is 5.91 Å². The number of carbonyl (C=O) groups excluding carboxylic acids is 2. The standard InChI is InChI=1S/C24H27N3O2/c1-3-26-14-6-7-19(26)15-25-16-22-20-8-4-5-9-21(20)23(28)27(24(22)29)18-12-10-17(2)11-13-18/h4-5,8-13,16,19,22H,3,6-7,14-15H2,1-2H3/p+1/t19-,22?/m0/s1. The zero-order valence-corrected chi connectivity index (χ0v) is 17.1. The molecule has 29 heavy (non-hydrogen) atoms. The molecule has 0 bridgehead atoms. The van der Waals surface area contributed by atoms with E-state index >= 15 is 0 Å². The van der Waals surface area contributed by atoms with Crippen molar-refractivity contribution >= 4 is 23.7 Å². The molecule has 2 aliphatic heterocycles. The summed E-state index contributed by atoms with van der Waals surface area (Å²) >= 11 is 0. The van der Waals surface area contributed by atoms with E-state index in [2.05, 4.69) is 11.9 Å². The summed E-state index contributed by atoms with van der Waals surface area (Å²) in [5.41, 5.74) is 3.02. The van der Waals surface area contributed by atoms with E-state index in [1.165, 1.54) is 24.3 Å². The predicted molar refractivity (Wildman–Crippen MR) is 115 cm³/mol. The van der Waals surface area contributed by atoms with Crippen molar-refractivity contribution in [3.63, 3.8) is 0 Å². The van der Waals surface area contributed by atoms with Gasteiger partial charge in [0, 0.05) is 24.6 Å². The highest BCUT2D eigenvalue weighted by Gasteiger charge is 2.38. The predicted octanol–water partition coefficient (Wildman–Crippen LogP) is 2.40. The Kier molecular flexibility index (Phi) is 5.58. The lowest BCUT2D eigenvalue weighted by Gasteiger charge is -2.31. The van der Waals surface area contributed by atoms with Crippen LogP contribution >= 0.6 is 0 Å². The van der Waals surface area contributed by atoms with Gasteiger partial charge in [-0.2, -0.15) is 0 Å². The summed E-state index contributed by atoms with van der Waals surface area (Å²) in [7, 11) is 0. The number of aliphatic imine (C=N–C) groups is 1. The van der Waals surface area contributed by atoms with Crippen molar-refractivity contribution in [2.45, 2.75) is 38.6 Å². The molecular weight excluding hydrogens is 362 g/mol. The largest absolute Gasteiger partial charge is 0.331 e. The van der Waals surface area contributed by atoms with Crippen molar-refractivity contribution in [1.29, 1.82) is 0 Å². The van der Waals surface area contributed by atoms with E-state index in [9.17, 15) is 9.59 Å². The molecule has 150 valence electrons. The Balaban J connectivity index is 1.64. The van der Waals surface area contributed by atoms with Crippen LogP contribution in [0.3, 0.4) is 0 Å². The number of imide groups is 1. The molecule has 2 aromatic rings. The van der Waals surface area contributed by atoms with Gasteiger partial charge in [-0.25, -0.2) is 4.90 Å². The number of hydrogen-bond acceptors (Lipinski definition) is 3. The third-order valence-corrected chi connectivity index (χ3v) is 6.17. The van der Waals surface area contributed by atoms with Gasteiger partial charge < -0.3 is 4.90 Å². The van der Waals surface area contributed by atoms with Gasteiger partial charge in [-0.05, 0) is 37.6 Å². The zero-order chi connectivity index (χ0) is 20.4. The van der Waals surface area contributed by atoms with Crippen LogP contribution < -0.4 is 9.80 Å². The number of fused-ring (bicyclic) bond motifs is 1. The molecule has 1 fully saturated rings. The first kappa shape index (κ1) is 19.5. The van der Waals surface area contributed by atoms with Crippen molar-refractivity contribution in [2.75, 3.05) is 24.5 Å². The Labute approximate surface area is 172 Å². The van der Waals surface area contributed by atoms with Gasteiger partial charge in [-0.3, -0.25) is 14.6 Å². The Bertz CT molecular complexity index is 935. The lowest BCUT2D eigenvalue weighted by atomic mass is 9.89. The second-order valence-corrected chi connectivity index (χ2v) is 7.99.